The molecule has 0 aliphatic rings. The molecule has 0 fully saturated rings. The number of hydrogen-bond donors (Lipinski definition) is 0. The molecule has 4 aromatic carbocycles. The van der Waals surface area contributed by atoms with E-state index in [1.54, 1.807) is 4.57 Å². The Morgan fingerprint density at radius 3 is 1.50 bits per heavy atom. The second-order valence-electron chi connectivity index (χ2n) is 14.4. The summed E-state index contributed by atoms with van der Waals surface area (Å²) >= 11 is 0. The highest BCUT2D eigenvalue weighted by Crippen LogP contribution is 2.36. The molecule has 254 valence electrons. The van der Waals surface area contributed by atoms with Crippen LogP contribution in [-0.4, -0.2) is 23.7 Å². The predicted octanol–water partition coefficient (Wildman–Crippen LogP) is 10.8. The van der Waals surface area contributed by atoms with Gasteiger partial charge < -0.3 is 4.42 Å². The Morgan fingerprint density at radius 1 is 0.560 bits per heavy atom. The summed E-state index contributed by atoms with van der Waals surface area (Å²) < 4.78 is 11.8. The van der Waals surface area contributed by atoms with Gasteiger partial charge in [-0.1, -0.05) is 104 Å². The number of imidazole rings is 2. The molecule has 7 heteroatoms. The lowest BCUT2D eigenvalue weighted by molar-refractivity contribution is 0.540. The van der Waals surface area contributed by atoms with Crippen LogP contribution in [0.5, 0.6) is 0 Å². The number of oxazole rings is 1. The van der Waals surface area contributed by atoms with Gasteiger partial charge in [0.15, 0.2) is 5.58 Å². The molecule has 0 radical (unpaired) electrons. The molecule has 50 heavy (non-hydrogen) atoms. The van der Waals surface area contributed by atoms with Gasteiger partial charge in [-0.15, -0.1) is 0 Å². The number of rotatable bonds is 9. The van der Waals surface area contributed by atoms with Crippen molar-refractivity contribution in [3.8, 4) is 39.8 Å². The van der Waals surface area contributed by atoms with Gasteiger partial charge >= 0.3 is 5.76 Å². The smallest absolute Gasteiger partial charge is 0.407 e. The van der Waals surface area contributed by atoms with Crippen molar-refractivity contribution in [2.45, 2.75) is 79.1 Å². The molecule has 0 bridgehead atoms. The minimum absolute atomic E-state index is 0.333. The fourth-order valence-electron chi connectivity index (χ4n) is 7.16. The first-order valence-corrected chi connectivity index (χ1v) is 17.6. The summed E-state index contributed by atoms with van der Waals surface area (Å²) in [5.74, 6) is 2.51. The maximum Gasteiger partial charge on any atom is 0.424 e. The Bertz CT molecular complexity index is 2330. The molecular formula is C43H45N5O2. The van der Waals surface area contributed by atoms with Crippen LogP contribution in [0.25, 0.3) is 50.9 Å². The van der Waals surface area contributed by atoms with E-state index in [1.165, 1.54) is 27.9 Å². The molecule has 0 spiro atoms. The van der Waals surface area contributed by atoms with E-state index in [0.29, 0.717) is 40.5 Å². The van der Waals surface area contributed by atoms with Gasteiger partial charge in [0.25, 0.3) is 0 Å². The monoisotopic (exact) mass is 663 g/mol. The number of nitrogens with zero attached hydrogens (tertiary/aromatic N) is 5. The van der Waals surface area contributed by atoms with Crippen molar-refractivity contribution in [1.29, 1.82) is 0 Å². The molecule has 0 aliphatic heterocycles. The molecular weight excluding hydrogens is 619 g/mol. The van der Waals surface area contributed by atoms with Crippen LogP contribution in [0.3, 0.4) is 0 Å². The van der Waals surface area contributed by atoms with Crippen molar-refractivity contribution >= 4 is 11.1 Å². The number of aromatic nitrogens is 5. The minimum Gasteiger partial charge on any atom is -0.407 e. The zero-order chi connectivity index (χ0) is 35.3. The zero-order valence-corrected chi connectivity index (χ0v) is 30.2. The van der Waals surface area contributed by atoms with Crippen molar-refractivity contribution in [3.05, 3.63) is 136 Å². The summed E-state index contributed by atoms with van der Waals surface area (Å²) in [6, 6.07) is 26.9. The van der Waals surface area contributed by atoms with E-state index >= 15 is 0 Å². The zero-order valence-electron chi connectivity index (χ0n) is 30.2. The summed E-state index contributed by atoms with van der Waals surface area (Å²) in [5, 5.41) is 0. The van der Waals surface area contributed by atoms with E-state index in [4.69, 9.17) is 14.4 Å². The van der Waals surface area contributed by atoms with Gasteiger partial charge in [-0.2, -0.15) is 0 Å². The standard InChI is InChI=1S/C43H45N5O2/c1-26(2)33-14-10-15-34(27(3)4)39(33)46-22-20-44-41(46)30-12-9-13-32(24-30)48-37-25-31(18-19-38(37)50-43(48)49)42-45-21-23-47(42)40-35(28(5)6)16-11-17-36(40)29(7)8/h9-29H,1-8H3. The number of fused-ring (bicyclic) bond motifs is 1. The molecule has 0 saturated heterocycles. The largest absolute Gasteiger partial charge is 0.424 e. The first kappa shape index (κ1) is 33.1. The van der Waals surface area contributed by atoms with Crippen molar-refractivity contribution in [2.24, 2.45) is 0 Å². The quantitative estimate of drug-likeness (QED) is 0.154. The van der Waals surface area contributed by atoms with E-state index < -0.39 is 5.76 Å². The second kappa shape index (κ2) is 13.1. The summed E-state index contributed by atoms with van der Waals surface area (Å²) in [5.41, 5.74) is 11.1. The summed E-state index contributed by atoms with van der Waals surface area (Å²) in [6.07, 6.45) is 7.75. The molecule has 3 aromatic heterocycles. The molecule has 0 saturated carbocycles. The third-order valence-electron chi connectivity index (χ3n) is 9.65. The van der Waals surface area contributed by atoms with Crippen LogP contribution in [0.2, 0.25) is 0 Å². The van der Waals surface area contributed by atoms with E-state index in [9.17, 15) is 4.79 Å². The topological polar surface area (TPSA) is 70.8 Å². The van der Waals surface area contributed by atoms with Gasteiger partial charge in [0.2, 0.25) is 0 Å². The molecule has 7 aromatic rings. The Kier molecular flexibility index (Phi) is 8.68. The molecule has 0 aliphatic carbocycles. The maximum atomic E-state index is 13.5. The second-order valence-corrected chi connectivity index (χ2v) is 14.4. The van der Waals surface area contributed by atoms with Gasteiger partial charge in [0.1, 0.15) is 11.6 Å². The fraction of sp³-hybridized carbons (Fsp3) is 0.279. The van der Waals surface area contributed by atoms with Crippen molar-refractivity contribution in [1.82, 2.24) is 23.7 Å². The molecule has 0 N–H and O–H groups in total. The first-order valence-electron chi connectivity index (χ1n) is 17.6. The highest BCUT2D eigenvalue weighted by molar-refractivity contribution is 5.81. The third-order valence-corrected chi connectivity index (χ3v) is 9.65. The highest BCUT2D eigenvalue weighted by atomic mass is 16.4. The maximum absolute atomic E-state index is 13.5. The van der Waals surface area contributed by atoms with Crippen LogP contribution in [0.4, 0.5) is 0 Å². The van der Waals surface area contributed by atoms with Gasteiger partial charge in [-0.05, 0) is 76.3 Å². The Hall–Kier alpha value is -5.43. The predicted molar refractivity (Wildman–Crippen MR) is 203 cm³/mol. The van der Waals surface area contributed by atoms with E-state index in [1.807, 2.05) is 67.3 Å². The fourth-order valence-corrected chi connectivity index (χ4v) is 7.16. The van der Waals surface area contributed by atoms with E-state index in [0.717, 1.165) is 28.5 Å². The summed E-state index contributed by atoms with van der Waals surface area (Å²) in [7, 11) is 0. The molecule has 0 amide bonds. The Morgan fingerprint density at radius 2 is 1.02 bits per heavy atom. The molecule has 7 nitrogen and oxygen atoms in total. The minimum atomic E-state index is -0.444. The normalized spacial score (nSPS) is 12.0. The van der Waals surface area contributed by atoms with Crippen molar-refractivity contribution in [2.75, 3.05) is 0 Å². The summed E-state index contributed by atoms with van der Waals surface area (Å²) in [4.78, 5) is 23.2. The van der Waals surface area contributed by atoms with E-state index in [-0.39, 0.29) is 0 Å². The SMILES string of the molecule is CC(C)c1cccc(C(C)C)c1-n1ccnc1-c1cccc(-n2c(=O)oc3ccc(-c4nccn4-c4c(C(C)C)cccc4C(C)C)cc32)c1. The van der Waals surface area contributed by atoms with Crippen LogP contribution >= 0.6 is 0 Å². The Labute approximate surface area is 293 Å². The number of hydrogen-bond acceptors (Lipinski definition) is 4. The molecule has 3 heterocycles. The average Bonchev–Trinajstić information content (AvgIpc) is 3.85. The third kappa shape index (κ3) is 5.70. The summed E-state index contributed by atoms with van der Waals surface area (Å²) in [6.45, 7) is 17.8. The van der Waals surface area contributed by atoms with Crippen LogP contribution in [-0.2, 0) is 0 Å². The molecule has 0 unspecified atom stereocenters. The van der Waals surface area contributed by atoms with Crippen LogP contribution in [0.1, 0.15) is 101 Å². The van der Waals surface area contributed by atoms with Crippen molar-refractivity contribution < 1.29 is 4.42 Å². The Balaban J connectivity index is 1.36. The average molecular weight is 664 g/mol. The van der Waals surface area contributed by atoms with Gasteiger partial charge in [-0.3, -0.25) is 9.13 Å². The highest BCUT2D eigenvalue weighted by Gasteiger charge is 2.22. The van der Waals surface area contributed by atoms with Gasteiger partial charge in [0.05, 0.1) is 22.6 Å². The lowest BCUT2D eigenvalue weighted by Crippen LogP contribution is -2.12. The van der Waals surface area contributed by atoms with Crippen LogP contribution in [0.15, 0.2) is 113 Å². The van der Waals surface area contributed by atoms with Crippen LogP contribution in [0, 0.1) is 0 Å². The van der Waals surface area contributed by atoms with Gasteiger partial charge in [-0.25, -0.2) is 19.3 Å². The first-order chi connectivity index (χ1) is 24.0. The lowest BCUT2D eigenvalue weighted by atomic mass is 9.92. The van der Waals surface area contributed by atoms with Crippen LogP contribution < -0.4 is 5.76 Å². The number of para-hydroxylation sites is 2. The molecule has 7 rings (SSSR count). The van der Waals surface area contributed by atoms with Gasteiger partial charge in [0, 0.05) is 35.9 Å². The number of benzene rings is 4. The van der Waals surface area contributed by atoms with E-state index in [2.05, 4.69) is 101 Å². The van der Waals surface area contributed by atoms with Crippen molar-refractivity contribution in [3.63, 3.8) is 0 Å². The molecule has 0 atom stereocenters. The lowest BCUT2D eigenvalue weighted by Gasteiger charge is -2.22.